The smallest absolute Gasteiger partial charge is 0.237 e. The minimum absolute atomic E-state index is 0.0907. The van der Waals surface area contributed by atoms with Crippen molar-refractivity contribution in [3.8, 4) is 5.75 Å². The lowest BCUT2D eigenvalue weighted by Crippen LogP contribution is -2.42. The minimum Gasteiger partial charge on any atom is -0.497 e. The third kappa shape index (κ3) is 4.89. The molecule has 0 saturated heterocycles. The molecule has 3 N–H and O–H groups in total. The topological polar surface area (TPSA) is 73.6 Å². The van der Waals surface area contributed by atoms with Gasteiger partial charge in [0.05, 0.1) is 19.2 Å². The van der Waals surface area contributed by atoms with Gasteiger partial charge >= 0.3 is 0 Å². The summed E-state index contributed by atoms with van der Waals surface area (Å²) in [5.41, 5.74) is 6.77. The van der Waals surface area contributed by atoms with Crippen molar-refractivity contribution in [3.05, 3.63) is 29.8 Å². The molecule has 19 heavy (non-hydrogen) atoms. The van der Waals surface area contributed by atoms with Gasteiger partial charge in [-0.25, -0.2) is 0 Å². The van der Waals surface area contributed by atoms with E-state index < -0.39 is 6.04 Å². The Morgan fingerprint density at radius 3 is 2.47 bits per heavy atom. The van der Waals surface area contributed by atoms with E-state index in [0.717, 1.165) is 11.3 Å². The van der Waals surface area contributed by atoms with Crippen LogP contribution < -0.4 is 15.8 Å². The monoisotopic (exact) mass is 266 g/mol. The van der Waals surface area contributed by atoms with Crippen molar-refractivity contribution in [1.82, 2.24) is 5.32 Å². The Morgan fingerprint density at radius 1 is 1.32 bits per heavy atom. The lowest BCUT2D eigenvalue weighted by Gasteiger charge is -2.18. The van der Waals surface area contributed by atoms with Crippen molar-refractivity contribution in [2.24, 2.45) is 5.73 Å². The molecule has 0 aliphatic carbocycles. The van der Waals surface area contributed by atoms with Crippen LogP contribution in [-0.2, 0) is 9.53 Å². The Balaban J connectivity index is 2.53. The van der Waals surface area contributed by atoms with Crippen LogP contribution in [-0.4, -0.2) is 32.8 Å². The molecule has 0 aromatic heterocycles. The third-order valence-corrected chi connectivity index (χ3v) is 2.94. The zero-order valence-electron chi connectivity index (χ0n) is 11.7. The molecule has 1 amide bonds. The number of ether oxygens (including phenoxy) is 2. The fourth-order valence-corrected chi connectivity index (χ4v) is 1.67. The second kappa shape index (κ2) is 7.76. The highest BCUT2D eigenvalue weighted by Crippen LogP contribution is 2.17. The number of nitrogens with one attached hydrogen (secondary N) is 1. The van der Waals surface area contributed by atoms with Crippen LogP contribution in [0.25, 0.3) is 0 Å². The Labute approximate surface area is 114 Å². The number of methoxy groups -OCH3 is 2. The van der Waals surface area contributed by atoms with Crippen LogP contribution in [0.15, 0.2) is 24.3 Å². The van der Waals surface area contributed by atoms with Crippen LogP contribution in [0, 0.1) is 0 Å². The maximum atomic E-state index is 11.8. The van der Waals surface area contributed by atoms with Gasteiger partial charge in [0.15, 0.2) is 0 Å². The quantitative estimate of drug-likeness (QED) is 0.778. The summed E-state index contributed by atoms with van der Waals surface area (Å²) < 4.78 is 10.00. The number of benzene rings is 1. The number of nitrogens with two attached hydrogens (primary N) is 1. The van der Waals surface area contributed by atoms with Gasteiger partial charge in [0.25, 0.3) is 0 Å². The molecule has 0 aliphatic heterocycles. The largest absolute Gasteiger partial charge is 0.497 e. The van der Waals surface area contributed by atoms with E-state index in [0.29, 0.717) is 13.0 Å². The average Bonchev–Trinajstić information content (AvgIpc) is 2.44. The maximum absolute atomic E-state index is 11.8. The summed E-state index contributed by atoms with van der Waals surface area (Å²) in [7, 11) is 3.21. The van der Waals surface area contributed by atoms with Crippen molar-refractivity contribution < 1.29 is 14.3 Å². The number of hydrogen-bond donors (Lipinski definition) is 2. The second-order valence-electron chi connectivity index (χ2n) is 4.39. The molecule has 0 radical (unpaired) electrons. The van der Waals surface area contributed by atoms with Crippen LogP contribution in [0.4, 0.5) is 0 Å². The highest BCUT2D eigenvalue weighted by atomic mass is 16.5. The van der Waals surface area contributed by atoms with E-state index in [4.69, 9.17) is 15.2 Å². The lowest BCUT2D eigenvalue weighted by atomic mass is 10.1. The summed E-state index contributed by atoms with van der Waals surface area (Å²) in [6.45, 7) is 2.40. The Hall–Kier alpha value is -1.59. The lowest BCUT2D eigenvalue weighted by molar-refractivity contribution is -0.123. The summed E-state index contributed by atoms with van der Waals surface area (Å²) in [5, 5.41) is 2.88. The maximum Gasteiger partial charge on any atom is 0.237 e. The van der Waals surface area contributed by atoms with Crippen molar-refractivity contribution in [1.29, 1.82) is 0 Å². The SMILES string of the molecule is COCCC(N)C(=O)N[C@H](C)c1ccc(OC)cc1. The van der Waals surface area contributed by atoms with Crippen LogP contribution >= 0.6 is 0 Å². The fraction of sp³-hybridized carbons (Fsp3) is 0.500. The second-order valence-corrected chi connectivity index (χ2v) is 4.39. The highest BCUT2D eigenvalue weighted by molar-refractivity contribution is 5.81. The van der Waals surface area contributed by atoms with Crippen LogP contribution in [0.2, 0.25) is 0 Å². The van der Waals surface area contributed by atoms with Gasteiger partial charge < -0.3 is 20.5 Å². The van der Waals surface area contributed by atoms with Gasteiger partial charge in [-0.1, -0.05) is 12.1 Å². The molecule has 0 aliphatic rings. The number of rotatable bonds is 7. The molecule has 106 valence electrons. The van der Waals surface area contributed by atoms with Crippen LogP contribution in [0.5, 0.6) is 5.75 Å². The molecule has 1 rings (SSSR count). The molecule has 0 saturated carbocycles. The Bertz CT molecular complexity index is 392. The molecule has 0 heterocycles. The Morgan fingerprint density at radius 2 is 1.95 bits per heavy atom. The van der Waals surface area contributed by atoms with Crippen molar-refractivity contribution in [2.75, 3.05) is 20.8 Å². The molecule has 0 fully saturated rings. The highest BCUT2D eigenvalue weighted by Gasteiger charge is 2.16. The van der Waals surface area contributed by atoms with Gasteiger partial charge in [0, 0.05) is 13.7 Å². The molecule has 5 heteroatoms. The number of amides is 1. The normalized spacial score (nSPS) is 13.7. The van der Waals surface area contributed by atoms with E-state index >= 15 is 0 Å². The molecule has 0 spiro atoms. The zero-order chi connectivity index (χ0) is 14.3. The summed E-state index contributed by atoms with van der Waals surface area (Å²) in [6.07, 6.45) is 0.512. The Kier molecular flexibility index (Phi) is 6.32. The standard InChI is InChI=1S/C14H22N2O3/c1-10(11-4-6-12(19-3)7-5-11)16-14(17)13(15)8-9-18-2/h4-7,10,13H,8-9,15H2,1-3H3,(H,16,17)/t10-,13?/m1/s1. The van der Waals surface area contributed by atoms with Gasteiger partial charge in [-0.15, -0.1) is 0 Å². The third-order valence-electron chi connectivity index (χ3n) is 2.94. The van der Waals surface area contributed by atoms with E-state index in [9.17, 15) is 4.79 Å². The first-order valence-electron chi connectivity index (χ1n) is 6.27. The van der Waals surface area contributed by atoms with E-state index in [1.807, 2.05) is 31.2 Å². The summed E-state index contributed by atoms with van der Waals surface area (Å²) in [5.74, 6) is 0.624. The van der Waals surface area contributed by atoms with Gasteiger partial charge in [0.1, 0.15) is 5.75 Å². The molecule has 5 nitrogen and oxygen atoms in total. The first-order valence-corrected chi connectivity index (χ1v) is 6.27. The number of carbonyl (C=O) groups excluding carboxylic acids is 1. The molecular formula is C14H22N2O3. The van der Waals surface area contributed by atoms with Crippen LogP contribution in [0.1, 0.15) is 24.9 Å². The summed E-state index contributed by atoms with van der Waals surface area (Å²) in [4.78, 5) is 11.8. The van der Waals surface area contributed by atoms with Gasteiger partial charge in [0.2, 0.25) is 5.91 Å². The van der Waals surface area contributed by atoms with Crippen molar-refractivity contribution in [2.45, 2.75) is 25.4 Å². The van der Waals surface area contributed by atoms with Crippen LogP contribution in [0.3, 0.4) is 0 Å². The molecule has 2 atom stereocenters. The van der Waals surface area contributed by atoms with Gasteiger partial charge in [-0.2, -0.15) is 0 Å². The van der Waals surface area contributed by atoms with E-state index in [1.165, 1.54) is 0 Å². The van der Waals surface area contributed by atoms with E-state index in [2.05, 4.69) is 5.32 Å². The summed E-state index contributed by atoms with van der Waals surface area (Å²) in [6, 6.07) is 6.94. The molecule has 1 unspecified atom stereocenters. The van der Waals surface area contributed by atoms with Crippen molar-refractivity contribution in [3.63, 3.8) is 0 Å². The zero-order valence-corrected chi connectivity index (χ0v) is 11.7. The van der Waals surface area contributed by atoms with E-state index in [1.54, 1.807) is 14.2 Å². The molecule has 1 aromatic rings. The predicted molar refractivity (Wildman–Crippen MR) is 74.0 cm³/mol. The first-order chi connectivity index (χ1) is 9.08. The van der Waals surface area contributed by atoms with Crippen molar-refractivity contribution >= 4 is 5.91 Å². The number of carbonyl (C=O) groups is 1. The van der Waals surface area contributed by atoms with Gasteiger partial charge in [-0.05, 0) is 31.0 Å². The average molecular weight is 266 g/mol. The van der Waals surface area contributed by atoms with E-state index in [-0.39, 0.29) is 11.9 Å². The molecule has 0 bridgehead atoms. The summed E-state index contributed by atoms with van der Waals surface area (Å²) >= 11 is 0. The molecule has 1 aromatic carbocycles. The first kappa shape index (κ1) is 15.5. The number of hydrogen-bond acceptors (Lipinski definition) is 4. The predicted octanol–water partition coefficient (Wildman–Crippen LogP) is 1.24. The molecular weight excluding hydrogens is 244 g/mol. The van der Waals surface area contributed by atoms with Gasteiger partial charge in [-0.3, -0.25) is 4.79 Å². The minimum atomic E-state index is -0.541. The fourth-order valence-electron chi connectivity index (χ4n) is 1.67.